The lowest BCUT2D eigenvalue weighted by Crippen LogP contribution is -2.36. The van der Waals surface area contributed by atoms with Crippen LogP contribution in [0.15, 0.2) is 18.2 Å². The lowest BCUT2D eigenvalue weighted by Gasteiger charge is -2.23. The number of carbonyl (C=O) groups is 1. The zero-order chi connectivity index (χ0) is 15.7. The fourth-order valence-electron chi connectivity index (χ4n) is 2.09. The van der Waals surface area contributed by atoms with E-state index >= 15 is 0 Å². The molecule has 0 bridgehead atoms. The van der Waals surface area contributed by atoms with Crippen molar-refractivity contribution >= 4 is 23.2 Å². The molecule has 0 aromatic heterocycles. The number of likely N-dealkylation sites (N-methyl/N-ethyl adjacent to an activating group) is 1. The highest BCUT2D eigenvalue weighted by atomic mass is 35.5. The Bertz CT molecular complexity index is 451. The maximum absolute atomic E-state index is 11.8. The Morgan fingerprint density at radius 2 is 1.95 bits per heavy atom. The predicted octanol–water partition coefficient (Wildman–Crippen LogP) is 2.80. The van der Waals surface area contributed by atoms with Crippen molar-refractivity contribution in [2.24, 2.45) is 0 Å². The second kappa shape index (κ2) is 9.64. The molecule has 1 amide bonds. The van der Waals surface area contributed by atoms with Gasteiger partial charge in [0.05, 0.1) is 6.54 Å². The molecule has 0 saturated heterocycles. The van der Waals surface area contributed by atoms with Gasteiger partial charge in [-0.05, 0) is 31.5 Å². The third-order valence-electron chi connectivity index (χ3n) is 3.19. The maximum Gasteiger partial charge on any atom is 0.239 e. The number of anilines is 1. The maximum atomic E-state index is 11.8. The molecule has 118 valence electrons. The molecule has 5 heteroatoms. The Balaban J connectivity index is 2.75. The van der Waals surface area contributed by atoms with Gasteiger partial charge in [-0.2, -0.15) is 0 Å². The van der Waals surface area contributed by atoms with Gasteiger partial charge in [0.25, 0.3) is 0 Å². The molecule has 0 saturated carbocycles. The predicted molar refractivity (Wildman–Crippen MR) is 90.0 cm³/mol. The molecule has 1 aromatic rings. The molecule has 0 aliphatic rings. The molecule has 4 nitrogen and oxygen atoms in total. The van der Waals surface area contributed by atoms with Crippen LogP contribution in [0, 0.1) is 0 Å². The summed E-state index contributed by atoms with van der Waals surface area (Å²) in [6.07, 6.45) is 2.02. The highest BCUT2D eigenvalue weighted by Gasteiger charge is 2.13. The lowest BCUT2D eigenvalue weighted by molar-refractivity contribution is -0.119. The summed E-state index contributed by atoms with van der Waals surface area (Å²) in [7, 11) is 1.92. The second-order valence-electron chi connectivity index (χ2n) is 5.12. The molecular formula is C16H26ClN3O. The Labute approximate surface area is 132 Å². The minimum atomic E-state index is 0.0341. The van der Waals surface area contributed by atoms with Gasteiger partial charge in [0, 0.05) is 36.4 Å². The van der Waals surface area contributed by atoms with Gasteiger partial charge in [-0.1, -0.05) is 31.5 Å². The van der Waals surface area contributed by atoms with Gasteiger partial charge in [0.2, 0.25) is 5.91 Å². The summed E-state index contributed by atoms with van der Waals surface area (Å²) in [6.45, 7) is 6.88. The van der Waals surface area contributed by atoms with Gasteiger partial charge in [-0.15, -0.1) is 0 Å². The molecule has 0 aliphatic heterocycles. The first-order valence-electron chi connectivity index (χ1n) is 7.56. The van der Waals surface area contributed by atoms with E-state index in [0.29, 0.717) is 19.6 Å². The SMILES string of the molecule is CCCNCc1c(Cl)cccc1N(C)CC(=O)NCCC. The molecule has 0 aliphatic carbocycles. The molecular weight excluding hydrogens is 286 g/mol. The van der Waals surface area contributed by atoms with Crippen LogP contribution in [0.5, 0.6) is 0 Å². The van der Waals surface area contributed by atoms with Crippen LogP contribution in [0.25, 0.3) is 0 Å². The van der Waals surface area contributed by atoms with Gasteiger partial charge >= 0.3 is 0 Å². The molecule has 21 heavy (non-hydrogen) atoms. The summed E-state index contributed by atoms with van der Waals surface area (Å²) < 4.78 is 0. The van der Waals surface area contributed by atoms with Gasteiger partial charge in [-0.25, -0.2) is 0 Å². The van der Waals surface area contributed by atoms with Gasteiger partial charge < -0.3 is 15.5 Å². The van der Waals surface area contributed by atoms with Crippen LogP contribution in [0.4, 0.5) is 5.69 Å². The Morgan fingerprint density at radius 3 is 2.62 bits per heavy atom. The van der Waals surface area contributed by atoms with Crippen LogP contribution in [-0.2, 0) is 11.3 Å². The highest BCUT2D eigenvalue weighted by Crippen LogP contribution is 2.26. The van der Waals surface area contributed by atoms with Crippen molar-refractivity contribution in [1.29, 1.82) is 0 Å². The van der Waals surface area contributed by atoms with Crippen molar-refractivity contribution in [3.8, 4) is 0 Å². The van der Waals surface area contributed by atoms with Crippen LogP contribution in [0.3, 0.4) is 0 Å². The lowest BCUT2D eigenvalue weighted by atomic mass is 10.1. The van der Waals surface area contributed by atoms with Crippen molar-refractivity contribution in [3.63, 3.8) is 0 Å². The number of halogens is 1. The largest absolute Gasteiger partial charge is 0.365 e. The number of rotatable bonds is 9. The van der Waals surface area contributed by atoms with E-state index < -0.39 is 0 Å². The van der Waals surface area contributed by atoms with E-state index in [1.807, 2.05) is 37.1 Å². The first-order valence-corrected chi connectivity index (χ1v) is 7.93. The second-order valence-corrected chi connectivity index (χ2v) is 5.53. The first-order chi connectivity index (χ1) is 10.1. The Hall–Kier alpha value is -1.26. The van der Waals surface area contributed by atoms with Crippen molar-refractivity contribution in [2.75, 3.05) is 31.6 Å². The standard InChI is InChI=1S/C16H26ClN3O/c1-4-9-18-11-13-14(17)7-6-8-15(13)20(3)12-16(21)19-10-5-2/h6-8,18H,4-5,9-12H2,1-3H3,(H,19,21). The summed E-state index contributed by atoms with van der Waals surface area (Å²) in [5, 5.41) is 6.99. The van der Waals surface area contributed by atoms with E-state index in [1.54, 1.807) is 0 Å². The third-order valence-corrected chi connectivity index (χ3v) is 3.54. The van der Waals surface area contributed by atoms with E-state index in [1.165, 1.54) is 0 Å². The molecule has 0 unspecified atom stereocenters. The number of hydrogen-bond donors (Lipinski definition) is 2. The normalized spacial score (nSPS) is 10.5. The number of nitrogens with zero attached hydrogens (tertiary/aromatic N) is 1. The van der Waals surface area contributed by atoms with E-state index in [0.717, 1.165) is 35.7 Å². The Kier molecular flexibility index (Phi) is 8.16. The quantitative estimate of drug-likeness (QED) is 0.689. The average molecular weight is 312 g/mol. The molecule has 0 atom stereocenters. The topological polar surface area (TPSA) is 44.4 Å². The van der Waals surface area contributed by atoms with E-state index in [2.05, 4.69) is 17.6 Å². The zero-order valence-electron chi connectivity index (χ0n) is 13.2. The fourth-order valence-corrected chi connectivity index (χ4v) is 2.33. The number of nitrogens with one attached hydrogen (secondary N) is 2. The van der Waals surface area contributed by atoms with E-state index in [4.69, 9.17) is 11.6 Å². The number of benzene rings is 1. The van der Waals surface area contributed by atoms with Gasteiger partial charge in [0.1, 0.15) is 0 Å². The Morgan fingerprint density at radius 1 is 1.24 bits per heavy atom. The molecule has 0 radical (unpaired) electrons. The molecule has 0 fully saturated rings. The molecule has 0 spiro atoms. The average Bonchev–Trinajstić information content (AvgIpc) is 2.46. The van der Waals surface area contributed by atoms with Crippen LogP contribution < -0.4 is 15.5 Å². The first kappa shape index (κ1) is 17.8. The van der Waals surface area contributed by atoms with Gasteiger partial charge in [0.15, 0.2) is 0 Å². The molecule has 2 N–H and O–H groups in total. The monoisotopic (exact) mass is 311 g/mol. The third kappa shape index (κ3) is 5.94. The minimum absolute atomic E-state index is 0.0341. The number of carbonyl (C=O) groups excluding carboxylic acids is 1. The summed E-state index contributed by atoms with van der Waals surface area (Å²) in [4.78, 5) is 13.8. The molecule has 1 rings (SSSR count). The summed E-state index contributed by atoms with van der Waals surface area (Å²) >= 11 is 6.31. The summed E-state index contributed by atoms with van der Waals surface area (Å²) in [5.74, 6) is 0.0341. The van der Waals surface area contributed by atoms with Crippen molar-refractivity contribution < 1.29 is 4.79 Å². The van der Waals surface area contributed by atoms with Gasteiger partial charge in [-0.3, -0.25) is 4.79 Å². The summed E-state index contributed by atoms with van der Waals surface area (Å²) in [6, 6.07) is 5.81. The van der Waals surface area contributed by atoms with Crippen molar-refractivity contribution in [3.05, 3.63) is 28.8 Å². The zero-order valence-corrected chi connectivity index (χ0v) is 14.0. The minimum Gasteiger partial charge on any atom is -0.365 e. The summed E-state index contributed by atoms with van der Waals surface area (Å²) in [5.41, 5.74) is 2.04. The van der Waals surface area contributed by atoms with Crippen LogP contribution >= 0.6 is 11.6 Å². The highest BCUT2D eigenvalue weighted by molar-refractivity contribution is 6.31. The van der Waals surface area contributed by atoms with E-state index in [-0.39, 0.29) is 5.91 Å². The molecule has 0 heterocycles. The van der Waals surface area contributed by atoms with Crippen LogP contribution in [0.2, 0.25) is 5.02 Å². The number of hydrogen-bond acceptors (Lipinski definition) is 3. The number of amides is 1. The van der Waals surface area contributed by atoms with E-state index in [9.17, 15) is 4.79 Å². The van der Waals surface area contributed by atoms with Crippen molar-refractivity contribution in [2.45, 2.75) is 33.2 Å². The molecule has 1 aromatic carbocycles. The van der Waals surface area contributed by atoms with Crippen LogP contribution in [-0.4, -0.2) is 32.6 Å². The fraction of sp³-hybridized carbons (Fsp3) is 0.562. The van der Waals surface area contributed by atoms with Crippen LogP contribution in [0.1, 0.15) is 32.3 Å². The smallest absolute Gasteiger partial charge is 0.239 e. The van der Waals surface area contributed by atoms with Crippen molar-refractivity contribution in [1.82, 2.24) is 10.6 Å².